The lowest BCUT2D eigenvalue weighted by Crippen LogP contribution is -2.36. The molecule has 0 saturated heterocycles. The van der Waals surface area contributed by atoms with Gasteiger partial charge in [0.15, 0.2) is 16.6 Å². The van der Waals surface area contributed by atoms with E-state index < -0.39 is 0 Å². The van der Waals surface area contributed by atoms with Crippen molar-refractivity contribution >= 4 is 23.5 Å². The van der Waals surface area contributed by atoms with Crippen LogP contribution in [0.15, 0.2) is 23.3 Å². The van der Waals surface area contributed by atoms with Crippen molar-refractivity contribution in [2.75, 3.05) is 13.7 Å². The summed E-state index contributed by atoms with van der Waals surface area (Å²) >= 11 is 5.09. The molecular formula is C16H25N3O2S. The summed E-state index contributed by atoms with van der Waals surface area (Å²) in [6, 6.07) is 5.97. The predicted molar refractivity (Wildman–Crippen MR) is 95.0 cm³/mol. The average molecular weight is 323 g/mol. The number of benzene rings is 1. The maximum absolute atomic E-state index is 5.69. The Morgan fingerprint density at radius 3 is 2.77 bits per heavy atom. The predicted octanol–water partition coefficient (Wildman–Crippen LogP) is 3.08. The average Bonchev–Trinajstić information content (AvgIpc) is 2.47. The maximum Gasteiger partial charge on any atom is 0.187 e. The second-order valence-corrected chi connectivity index (χ2v) is 5.52. The molecule has 0 aliphatic carbocycles. The zero-order valence-corrected chi connectivity index (χ0v) is 14.5. The first kappa shape index (κ1) is 18.2. The summed E-state index contributed by atoms with van der Waals surface area (Å²) in [6.07, 6.45) is 3.81. The van der Waals surface area contributed by atoms with Crippen molar-refractivity contribution in [2.24, 2.45) is 5.10 Å². The van der Waals surface area contributed by atoms with Crippen LogP contribution in [0.2, 0.25) is 0 Å². The quantitative estimate of drug-likeness (QED) is 0.333. The number of nitrogens with zero attached hydrogens (tertiary/aromatic N) is 1. The van der Waals surface area contributed by atoms with E-state index in [4.69, 9.17) is 21.7 Å². The molecule has 0 heterocycles. The van der Waals surface area contributed by atoms with Crippen molar-refractivity contribution in [3.05, 3.63) is 23.8 Å². The summed E-state index contributed by atoms with van der Waals surface area (Å²) in [7, 11) is 1.63. The summed E-state index contributed by atoms with van der Waals surface area (Å²) in [5.74, 6) is 1.45. The Morgan fingerprint density at radius 1 is 1.36 bits per heavy atom. The van der Waals surface area contributed by atoms with E-state index in [1.165, 1.54) is 0 Å². The molecule has 6 heteroatoms. The number of hydrazone groups is 1. The van der Waals surface area contributed by atoms with Crippen LogP contribution in [0.1, 0.15) is 39.2 Å². The summed E-state index contributed by atoms with van der Waals surface area (Å²) in [6.45, 7) is 6.85. The standard InChI is InChI=1S/C16H25N3O2S/c1-5-6-9-21-14-8-7-13(10-15(14)20-4)11-17-19-16(22)18-12(2)3/h7-8,10-12H,5-6,9H2,1-4H3,(H2,18,19,22)/b17-11-. The number of nitrogens with one attached hydrogen (secondary N) is 2. The number of ether oxygens (including phenoxy) is 2. The minimum Gasteiger partial charge on any atom is -0.493 e. The summed E-state index contributed by atoms with van der Waals surface area (Å²) in [5.41, 5.74) is 3.68. The lowest BCUT2D eigenvalue weighted by molar-refractivity contribution is 0.288. The third-order valence-corrected chi connectivity index (χ3v) is 2.95. The lowest BCUT2D eigenvalue weighted by Gasteiger charge is -2.11. The van der Waals surface area contributed by atoms with Crippen LogP contribution in [0.5, 0.6) is 11.5 Å². The topological polar surface area (TPSA) is 54.9 Å². The smallest absolute Gasteiger partial charge is 0.187 e. The van der Waals surface area contributed by atoms with Crippen LogP contribution in [0.3, 0.4) is 0 Å². The molecule has 0 saturated carbocycles. The van der Waals surface area contributed by atoms with Gasteiger partial charge in [0.05, 0.1) is 19.9 Å². The first-order valence-electron chi connectivity index (χ1n) is 7.47. The second-order valence-electron chi connectivity index (χ2n) is 5.11. The minimum absolute atomic E-state index is 0.273. The van der Waals surface area contributed by atoms with Gasteiger partial charge in [0.2, 0.25) is 0 Å². The van der Waals surface area contributed by atoms with Gasteiger partial charge < -0.3 is 14.8 Å². The molecule has 5 nitrogen and oxygen atoms in total. The Morgan fingerprint density at radius 2 is 2.14 bits per heavy atom. The molecule has 0 spiro atoms. The van der Waals surface area contributed by atoms with Crippen molar-refractivity contribution in [3.63, 3.8) is 0 Å². The van der Waals surface area contributed by atoms with Gasteiger partial charge in [-0.25, -0.2) is 0 Å². The molecule has 0 radical (unpaired) electrons. The molecule has 0 atom stereocenters. The van der Waals surface area contributed by atoms with E-state index in [0.29, 0.717) is 17.5 Å². The highest BCUT2D eigenvalue weighted by Crippen LogP contribution is 2.27. The van der Waals surface area contributed by atoms with Crippen LogP contribution in [0.4, 0.5) is 0 Å². The van der Waals surface area contributed by atoms with E-state index in [-0.39, 0.29) is 6.04 Å². The van der Waals surface area contributed by atoms with Gasteiger partial charge in [0, 0.05) is 6.04 Å². The second kappa shape index (κ2) is 10.00. The molecule has 22 heavy (non-hydrogen) atoms. The van der Waals surface area contributed by atoms with Crippen molar-refractivity contribution in [1.29, 1.82) is 0 Å². The highest BCUT2D eigenvalue weighted by Gasteiger charge is 2.04. The van der Waals surface area contributed by atoms with Crippen molar-refractivity contribution in [3.8, 4) is 11.5 Å². The van der Waals surface area contributed by atoms with Crippen LogP contribution in [-0.4, -0.2) is 31.1 Å². The Kier molecular flexibility index (Phi) is 8.28. The lowest BCUT2D eigenvalue weighted by atomic mass is 10.2. The highest BCUT2D eigenvalue weighted by atomic mass is 32.1. The molecule has 0 unspecified atom stereocenters. The normalized spacial score (nSPS) is 10.8. The Hall–Kier alpha value is -1.82. The molecule has 1 rings (SSSR count). The third-order valence-electron chi connectivity index (χ3n) is 2.74. The fourth-order valence-electron chi connectivity index (χ4n) is 1.67. The number of unbranched alkanes of at least 4 members (excludes halogenated alkanes) is 1. The van der Waals surface area contributed by atoms with E-state index in [9.17, 15) is 0 Å². The molecule has 0 aromatic heterocycles. The van der Waals surface area contributed by atoms with E-state index >= 15 is 0 Å². The van der Waals surface area contributed by atoms with Gasteiger partial charge in [-0.1, -0.05) is 13.3 Å². The molecule has 2 N–H and O–H groups in total. The Balaban J connectivity index is 2.62. The van der Waals surface area contributed by atoms with Crippen molar-refractivity contribution < 1.29 is 9.47 Å². The molecule has 0 aliphatic heterocycles. The molecular weight excluding hydrogens is 298 g/mol. The van der Waals surface area contributed by atoms with Crippen LogP contribution in [0.25, 0.3) is 0 Å². The minimum atomic E-state index is 0.273. The van der Waals surface area contributed by atoms with Gasteiger partial charge in [0.25, 0.3) is 0 Å². The zero-order chi connectivity index (χ0) is 16.4. The fourth-order valence-corrected chi connectivity index (χ4v) is 1.96. The highest BCUT2D eigenvalue weighted by molar-refractivity contribution is 7.80. The van der Waals surface area contributed by atoms with Crippen LogP contribution >= 0.6 is 12.2 Å². The number of rotatable bonds is 8. The van der Waals surface area contributed by atoms with Crippen LogP contribution < -0.4 is 20.2 Å². The SMILES string of the molecule is CCCCOc1ccc(/C=N\NC(=S)NC(C)C)cc1OC. The molecule has 0 amide bonds. The summed E-state index contributed by atoms with van der Waals surface area (Å²) in [4.78, 5) is 0. The number of hydrogen-bond donors (Lipinski definition) is 2. The van der Waals surface area contributed by atoms with E-state index in [0.717, 1.165) is 24.2 Å². The number of hydrogen-bond acceptors (Lipinski definition) is 4. The summed E-state index contributed by atoms with van der Waals surface area (Å²) in [5, 5.41) is 7.65. The molecule has 122 valence electrons. The van der Waals surface area contributed by atoms with Gasteiger partial charge >= 0.3 is 0 Å². The number of methoxy groups -OCH3 is 1. The van der Waals surface area contributed by atoms with Gasteiger partial charge in [-0.05, 0) is 56.2 Å². The molecule has 0 aliphatic rings. The van der Waals surface area contributed by atoms with Crippen molar-refractivity contribution in [1.82, 2.24) is 10.7 Å². The summed E-state index contributed by atoms with van der Waals surface area (Å²) < 4.78 is 11.0. The molecule has 1 aromatic rings. The third kappa shape index (κ3) is 6.76. The fraction of sp³-hybridized carbons (Fsp3) is 0.500. The van der Waals surface area contributed by atoms with E-state index in [1.54, 1.807) is 13.3 Å². The van der Waals surface area contributed by atoms with Gasteiger partial charge in [0.1, 0.15) is 0 Å². The monoisotopic (exact) mass is 323 g/mol. The molecule has 0 bridgehead atoms. The van der Waals surface area contributed by atoms with Crippen molar-refractivity contribution in [2.45, 2.75) is 39.7 Å². The first-order chi connectivity index (χ1) is 10.6. The maximum atomic E-state index is 5.69. The number of thiocarbonyl (C=S) groups is 1. The van der Waals surface area contributed by atoms with E-state index in [2.05, 4.69) is 22.8 Å². The van der Waals surface area contributed by atoms with E-state index in [1.807, 2.05) is 32.0 Å². The van der Waals surface area contributed by atoms with Gasteiger partial charge in [-0.3, -0.25) is 5.43 Å². The van der Waals surface area contributed by atoms with Gasteiger partial charge in [-0.15, -0.1) is 0 Å². The molecule has 0 fully saturated rings. The van der Waals surface area contributed by atoms with Gasteiger partial charge in [-0.2, -0.15) is 5.10 Å². The van der Waals surface area contributed by atoms with Crippen LogP contribution in [0, 0.1) is 0 Å². The molecule has 1 aromatic carbocycles. The largest absolute Gasteiger partial charge is 0.493 e. The zero-order valence-electron chi connectivity index (χ0n) is 13.7. The van der Waals surface area contributed by atoms with Crippen LogP contribution in [-0.2, 0) is 0 Å². The Bertz CT molecular complexity index is 504. The Labute approximate surface area is 138 Å². The first-order valence-corrected chi connectivity index (χ1v) is 7.88.